The zero-order chi connectivity index (χ0) is 21.3. The minimum atomic E-state index is -0.571. The first-order valence-electron chi connectivity index (χ1n) is 10.0. The summed E-state index contributed by atoms with van der Waals surface area (Å²) in [5, 5.41) is 0.875. The van der Waals surface area contributed by atoms with Crippen LogP contribution in [0.1, 0.15) is 40.0 Å². The molecule has 1 amide bonds. The Morgan fingerprint density at radius 3 is 2.53 bits per heavy atom. The molecule has 2 aromatic carbocycles. The number of pyridine rings is 1. The number of hydrogen-bond acceptors (Lipinski definition) is 4. The number of aryl methyl sites for hydroxylation is 2. The highest BCUT2D eigenvalue weighted by atomic mass is 19.1. The largest absolute Gasteiger partial charge is 0.452 e. The van der Waals surface area contributed by atoms with Crippen molar-refractivity contribution in [3.05, 3.63) is 76.7 Å². The van der Waals surface area contributed by atoms with E-state index in [4.69, 9.17) is 4.74 Å². The number of nitrogens with zero attached hydrogens (tertiary/aromatic N) is 2. The highest BCUT2D eigenvalue weighted by Crippen LogP contribution is 2.29. The Hall–Kier alpha value is -3.28. The Morgan fingerprint density at radius 2 is 1.80 bits per heavy atom. The van der Waals surface area contributed by atoms with Gasteiger partial charge in [0, 0.05) is 23.5 Å². The molecule has 5 nitrogen and oxygen atoms in total. The molecule has 0 bridgehead atoms. The van der Waals surface area contributed by atoms with Crippen LogP contribution in [0.2, 0.25) is 0 Å². The third-order valence-electron chi connectivity index (χ3n) is 5.47. The van der Waals surface area contributed by atoms with Crippen LogP contribution in [-0.2, 0) is 16.1 Å². The molecule has 0 unspecified atom stereocenters. The zero-order valence-electron chi connectivity index (χ0n) is 17.0. The van der Waals surface area contributed by atoms with E-state index in [1.54, 1.807) is 30.0 Å². The number of carbonyl (C=O) groups is 2. The van der Waals surface area contributed by atoms with E-state index >= 15 is 0 Å². The number of esters is 1. The van der Waals surface area contributed by atoms with Crippen molar-refractivity contribution >= 4 is 22.8 Å². The second-order valence-electron chi connectivity index (χ2n) is 7.63. The van der Waals surface area contributed by atoms with Gasteiger partial charge in [0.15, 0.2) is 6.61 Å². The quantitative estimate of drug-likeness (QED) is 0.572. The van der Waals surface area contributed by atoms with E-state index in [9.17, 15) is 14.0 Å². The number of amides is 1. The Morgan fingerprint density at radius 1 is 1.10 bits per heavy atom. The smallest absolute Gasteiger partial charge is 0.340 e. The molecule has 0 spiro atoms. The fraction of sp³-hybridized carbons (Fsp3) is 0.292. The number of rotatable bonds is 6. The second kappa shape index (κ2) is 8.22. The summed E-state index contributed by atoms with van der Waals surface area (Å²) in [7, 11) is 0. The summed E-state index contributed by atoms with van der Waals surface area (Å²) in [4.78, 5) is 31.6. The van der Waals surface area contributed by atoms with Gasteiger partial charge in [-0.2, -0.15) is 0 Å². The molecule has 154 valence electrons. The lowest BCUT2D eigenvalue weighted by Gasteiger charge is -2.23. The summed E-state index contributed by atoms with van der Waals surface area (Å²) >= 11 is 0. The Balaban J connectivity index is 1.48. The number of fused-ring (bicyclic) bond motifs is 1. The van der Waals surface area contributed by atoms with Gasteiger partial charge >= 0.3 is 5.97 Å². The van der Waals surface area contributed by atoms with Gasteiger partial charge in [0.1, 0.15) is 5.82 Å². The number of ether oxygens (including phenoxy) is 1. The van der Waals surface area contributed by atoms with Crippen LogP contribution in [0.5, 0.6) is 0 Å². The van der Waals surface area contributed by atoms with Crippen molar-refractivity contribution < 1.29 is 18.7 Å². The predicted molar refractivity (Wildman–Crippen MR) is 111 cm³/mol. The minimum absolute atomic E-state index is 0.0709. The Labute approximate surface area is 174 Å². The molecule has 1 saturated carbocycles. The van der Waals surface area contributed by atoms with Crippen LogP contribution >= 0.6 is 0 Å². The molecular weight excluding hydrogens is 383 g/mol. The maximum atomic E-state index is 14.0. The van der Waals surface area contributed by atoms with E-state index in [1.165, 1.54) is 6.07 Å². The van der Waals surface area contributed by atoms with E-state index in [0.717, 1.165) is 29.3 Å². The molecule has 0 aliphatic heterocycles. The van der Waals surface area contributed by atoms with Crippen LogP contribution in [0.3, 0.4) is 0 Å². The van der Waals surface area contributed by atoms with Gasteiger partial charge in [-0.1, -0.05) is 36.4 Å². The van der Waals surface area contributed by atoms with Crippen molar-refractivity contribution in [3.63, 3.8) is 0 Å². The average molecular weight is 406 g/mol. The highest BCUT2D eigenvalue weighted by Gasteiger charge is 2.33. The van der Waals surface area contributed by atoms with Crippen LogP contribution in [0.25, 0.3) is 10.9 Å². The minimum Gasteiger partial charge on any atom is -0.452 e. The van der Waals surface area contributed by atoms with Gasteiger partial charge in [0.2, 0.25) is 0 Å². The van der Waals surface area contributed by atoms with Gasteiger partial charge in [-0.15, -0.1) is 0 Å². The molecular formula is C24H23FN2O3. The first kappa shape index (κ1) is 20.0. The highest BCUT2D eigenvalue weighted by molar-refractivity contribution is 5.99. The Bertz CT molecular complexity index is 1120. The summed E-state index contributed by atoms with van der Waals surface area (Å²) in [6, 6.07) is 14.1. The third-order valence-corrected chi connectivity index (χ3v) is 5.47. The maximum Gasteiger partial charge on any atom is 0.340 e. The lowest BCUT2D eigenvalue weighted by molar-refractivity contribution is -0.135. The first-order chi connectivity index (χ1) is 14.5. The molecule has 3 aromatic rings. The molecule has 4 rings (SSSR count). The summed E-state index contributed by atoms with van der Waals surface area (Å²) in [5.74, 6) is -1.24. The van der Waals surface area contributed by atoms with Crippen molar-refractivity contribution in [2.45, 2.75) is 39.3 Å². The van der Waals surface area contributed by atoms with E-state index in [-0.39, 0.29) is 30.9 Å². The van der Waals surface area contributed by atoms with E-state index < -0.39 is 5.97 Å². The molecule has 0 atom stereocenters. The summed E-state index contributed by atoms with van der Waals surface area (Å²) < 4.78 is 19.4. The molecule has 1 aliphatic rings. The SMILES string of the molecule is Cc1nc2ccccc2c(C)c1C(=O)OCC(=O)N(Cc1ccccc1F)C1CC1. The number of halogens is 1. The van der Waals surface area contributed by atoms with Crippen molar-refractivity contribution in [2.75, 3.05) is 6.61 Å². The molecule has 0 N–H and O–H groups in total. The number of para-hydroxylation sites is 1. The zero-order valence-corrected chi connectivity index (χ0v) is 17.0. The van der Waals surface area contributed by atoms with Gasteiger partial charge in [0.25, 0.3) is 5.91 Å². The van der Waals surface area contributed by atoms with Gasteiger partial charge in [0.05, 0.1) is 16.8 Å². The van der Waals surface area contributed by atoms with Gasteiger partial charge in [-0.05, 0) is 44.4 Å². The third kappa shape index (κ3) is 4.03. The number of hydrogen-bond donors (Lipinski definition) is 0. The number of aromatic nitrogens is 1. The fourth-order valence-electron chi connectivity index (χ4n) is 3.73. The van der Waals surface area contributed by atoms with Gasteiger partial charge in [-0.25, -0.2) is 9.18 Å². The normalized spacial score (nSPS) is 13.3. The van der Waals surface area contributed by atoms with Crippen LogP contribution < -0.4 is 0 Å². The first-order valence-corrected chi connectivity index (χ1v) is 10.0. The van der Waals surface area contributed by atoms with Crippen molar-refractivity contribution in [3.8, 4) is 0 Å². The summed E-state index contributed by atoms with van der Waals surface area (Å²) in [6.07, 6.45) is 1.75. The Kier molecular flexibility index (Phi) is 5.48. The molecule has 1 heterocycles. The topological polar surface area (TPSA) is 59.5 Å². The predicted octanol–water partition coefficient (Wildman–Crippen LogP) is 4.34. The van der Waals surface area contributed by atoms with Crippen molar-refractivity contribution in [1.82, 2.24) is 9.88 Å². The fourth-order valence-corrected chi connectivity index (χ4v) is 3.73. The number of benzene rings is 2. The van der Waals surface area contributed by atoms with Crippen LogP contribution in [0.4, 0.5) is 4.39 Å². The van der Waals surface area contributed by atoms with E-state index in [1.807, 2.05) is 31.2 Å². The molecule has 6 heteroatoms. The van der Waals surface area contributed by atoms with Gasteiger partial charge < -0.3 is 9.64 Å². The van der Waals surface area contributed by atoms with E-state index in [0.29, 0.717) is 16.8 Å². The molecule has 1 aliphatic carbocycles. The monoisotopic (exact) mass is 406 g/mol. The lowest BCUT2D eigenvalue weighted by Crippen LogP contribution is -2.36. The standard InChI is InChI=1S/C24H23FN2O3/c1-15-19-8-4-6-10-21(19)26-16(2)23(15)24(29)30-14-22(28)27(18-11-12-18)13-17-7-3-5-9-20(17)25/h3-10,18H,11-14H2,1-2H3. The molecule has 0 radical (unpaired) electrons. The molecule has 30 heavy (non-hydrogen) atoms. The summed E-state index contributed by atoms with van der Waals surface area (Å²) in [6.45, 7) is 3.40. The van der Waals surface area contributed by atoms with Crippen molar-refractivity contribution in [1.29, 1.82) is 0 Å². The maximum absolute atomic E-state index is 14.0. The van der Waals surface area contributed by atoms with E-state index in [2.05, 4.69) is 4.98 Å². The van der Waals surface area contributed by atoms with Crippen LogP contribution in [0, 0.1) is 19.7 Å². The van der Waals surface area contributed by atoms with Crippen LogP contribution in [-0.4, -0.2) is 34.4 Å². The molecule has 1 fully saturated rings. The number of carbonyl (C=O) groups excluding carboxylic acids is 2. The summed E-state index contributed by atoms with van der Waals surface area (Å²) in [5.41, 5.74) is 2.99. The van der Waals surface area contributed by atoms with Crippen LogP contribution in [0.15, 0.2) is 48.5 Å². The average Bonchev–Trinajstić information content (AvgIpc) is 3.56. The second-order valence-corrected chi connectivity index (χ2v) is 7.63. The lowest BCUT2D eigenvalue weighted by atomic mass is 10.0. The molecule has 0 saturated heterocycles. The molecule has 1 aromatic heterocycles. The van der Waals surface area contributed by atoms with Crippen molar-refractivity contribution in [2.24, 2.45) is 0 Å². The van der Waals surface area contributed by atoms with Gasteiger partial charge in [-0.3, -0.25) is 9.78 Å².